The number of carboxylic acids is 1. The number of esters is 1. The fourth-order valence-corrected chi connectivity index (χ4v) is 14.0. The number of hydrogen-bond acceptors (Lipinski definition) is 9. The van der Waals surface area contributed by atoms with Crippen LogP contribution in [0.3, 0.4) is 0 Å². The molecule has 1 aromatic heterocycles. The van der Waals surface area contributed by atoms with Gasteiger partial charge in [0.1, 0.15) is 11.1 Å². The van der Waals surface area contributed by atoms with E-state index in [0.717, 1.165) is 61.9 Å². The van der Waals surface area contributed by atoms with Crippen molar-refractivity contribution in [3.05, 3.63) is 27.7 Å². The Labute approximate surface area is 339 Å². The molecule has 0 aromatic carbocycles. The Kier molecular flexibility index (Phi) is 11.4. The zero-order valence-electron chi connectivity index (χ0n) is 36.0. The van der Waals surface area contributed by atoms with Crippen molar-refractivity contribution in [2.45, 2.75) is 145 Å². The highest BCUT2D eigenvalue weighted by molar-refractivity contribution is 7.09. The van der Waals surface area contributed by atoms with Crippen molar-refractivity contribution in [1.29, 1.82) is 0 Å². The van der Waals surface area contributed by atoms with Crippen LogP contribution in [0.15, 0.2) is 22.7 Å². The number of aliphatic hydroxyl groups excluding tert-OH is 1. The number of Topliss-reactive ketones (excluding diaryl/α,β-unsaturated/α-hetero) is 1. The number of rotatable bonds is 12. The molecule has 5 aliphatic rings. The van der Waals surface area contributed by atoms with Gasteiger partial charge in [0.2, 0.25) is 5.91 Å². The molecule has 5 aliphatic carbocycles. The maximum Gasteiger partial charge on any atom is 0.309 e. The second-order valence-corrected chi connectivity index (χ2v) is 21.9. The maximum atomic E-state index is 14.3. The van der Waals surface area contributed by atoms with E-state index in [1.54, 1.807) is 50.4 Å². The van der Waals surface area contributed by atoms with Crippen LogP contribution >= 0.6 is 11.3 Å². The molecule has 4 fully saturated rings. The number of carbonyl (C=O) groups is 4. The summed E-state index contributed by atoms with van der Waals surface area (Å²) >= 11 is 1.54. The van der Waals surface area contributed by atoms with E-state index < -0.39 is 28.9 Å². The molecule has 9 atom stereocenters. The van der Waals surface area contributed by atoms with Crippen molar-refractivity contribution < 1.29 is 34.1 Å². The highest BCUT2D eigenvalue weighted by Gasteiger charge is 2.71. The van der Waals surface area contributed by atoms with Crippen molar-refractivity contribution in [3.8, 4) is 0 Å². The SMILES string of the molecule is CC(C)C1=C2[C@H]3CC[C@@H]4[C@@]5(C)CC[C@H](OC(=O)CC(C)(C)C(=O)O)C(C)(C)[C@H]5CC[C@@]4(C)[C@]3(C)CC[C@@]2([C@@H](O)CN(CC(=O)N(C)C)Cc2nccs2)CC1=O. The van der Waals surface area contributed by atoms with Crippen molar-refractivity contribution >= 4 is 35.0 Å². The molecular weight excluding hydrogens is 727 g/mol. The molecule has 1 heterocycles. The van der Waals surface area contributed by atoms with E-state index in [-0.39, 0.29) is 64.3 Å². The molecule has 11 heteroatoms. The van der Waals surface area contributed by atoms with Gasteiger partial charge in [-0.1, -0.05) is 54.0 Å². The number of aliphatic hydroxyl groups is 1. The Morgan fingerprint density at radius 1 is 0.982 bits per heavy atom. The monoisotopic (exact) mass is 795 g/mol. The average Bonchev–Trinajstić information content (AvgIpc) is 3.71. The van der Waals surface area contributed by atoms with Gasteiger partial charge in [-0.25, -0.2) is 4.98 Å². The van der Waals surface area contributed by atoms with Gasteiger partial charge in [-0.15, -0.1) is 11.3 Å². The van der Waals surface area contributed by atoms with Crippen LogP contribution in [0.4, 0.5) is 0 Å². The van der Waals surface area contributed by atoms with Crippen LogP contribution in [0.1, 0.15) is 132 Å². The largest absolute Gasteiger partial charge is 0.481 e. The topological polar surface area (TPSA) is 137 Å². The zero-order chi connectivity index (χ0) is 41.4. The Morgan fingerprint density at radius 2 is 1.68 bits per heavy atom. The number of amides is 1. The van der Waals surface area contributed by atoms with Crippen LogP contribution in [0.5, 0.6) is 0 Å². The van der Waals surface area contributed by atoms with Gasteiger partial charge in [0.05, 0.1) is 31.0 Å². The first-order valence-electron chi connectivity index (χ1n) is 21.1. The third kappa shape index (κ3) is 6.91. The number of carbonyl (C=O) groups excluding carboxylic acids is 3. The van der Waals surface area contributed by atoms with Gasteiger partial charge in [0, 0.05) is 49.5 Å². The molecule has 0 spiro atoms. The fourth-order valence-electron chi connectivity index (χ4n) is 13.4. The number of thiazole rings is 1. The second-order valence-electron chi connectivity index (χ2n) is 21.0. The van der Waals surface area contributed by atoms with Gasteiger partial charge in [-0.05, 0) is 111 Å². The summed E-state index contributed by atoms with van der Waals surface area (Å²) in [6.07, 6.45) is 8.31. The summed E-state index contributed by atoms with van der Waals surface area (Å²) in [5, 5.41) is 25.0. The van der Waals surface area contributed by atoms with Gasteiger partial charge >= 0.3 is 11.9 Å². The predicted molar refractivity (Wildman–Crippen MR) is 217 cm³/mol. The lowest BCUT2D eigenvalue weighted by Gasteiger charge is -2.72. The number of fused-ring (bicyclic) bond motifs is 7. The minimum absolute atomic E-state index is 0.000876. The summed E-state index contributed by atoms with van der Waals surface area (Å²) in [5.41, 5.74) is -0.00957. The maximum absolute atomic E-state index is 14.3. The minimum atomic E-state index is -1.18. The lowest BCUT2D eigenvalue weighted by Crippen LogP contribution is -2.66. The van der Waals surface area contributed by atoms with Crippen molar-refractivity contribution in [2.75, 3.05) is 27.2 Å². The van der Waals surface area contributed by atoms with Crippen LogP contribution in [0, 0.1) is 56.2 Å². The number of aromatic nitrogens is 1. The van der Waals surface area contributed by atoms with Gasteiger partial charge in [0.15, 0.2) is 5.78 Å². The van der Waals surface area contributed by atoms with Gasteiger partial charge < -0.3 is 19.8 Å². The third-order valence-electron chi connectivity index (χ3n) is 16.6. The summed E-state index contributed by atoms with van der Waals surface area (Å²) in [5.74, 6) is -0.279. The summed E-state index contributed by atoms with van der Waals surface area (Å²) in [7, 11) is 3.51. The van der Waals surface area contributed by atoms with Crippen LogP contribution in [0.2, 0.25) is 0 Å². The number of aliphatic carboxylic acids is 1. The van der Waals surface area contributed by atoms with Crippen LogP contribution in [0.25, 0.3) is 0 Å². The van der Waals surface area contributed by atoms with E-state index in [1.165, 1.54) is 5.57 Å². The molecule has 2 N–H and O–H groups in total. The van der Waals surface area contributed by atoms with E-state index >= 15 is 0 Å². The number of ketones is 1. The lowest BCUT2D eigenvalue weighted by atomic mass is 9.33. The number of ether oxygens (including phenoxy) is 1. The number of nitrogens with zero attached hydrogens (tertiary/aromatic N) is 3. The van der Waals surface area contributed by atoms with E-state index in [9.17, 15) is 29.4 Å². The minimum Gasteiger partial charge on any atom is -0.481 e. The molecule has 0 unspecified atom stereocenters. The fraction of sp³-hybridized carbons (Fsp3) is 0.800. The van der Waals surface area contributed by atoms with Gasteiger partial charge in [-0.3, -0.25) is 24.1 Å². The Hall–Kier alpha value is -2.63. The standard InChI is InChI=1S/C45H69N3O7S/c1-27(2)37-29(49)22-45(32(50)24-48(26-35(51)47(10)11)25-34-46-20-21-56-34)19-18-43(8)28(38(37)45)12-13-31-42(7)16-15-33(55-36(52)23-40(3,4)39(53)54)41(5,6)30(42)14-17-44(31,43)9/h20-21,27-28,30-33,50H,12-19,22-26H2,1-11H3,(H,53,54)/t28-,30-,31-,32+,33+,42+,43-,44-,45+/m1/s1. The second kappa shape index (κ2) is 14.9. The highest BCUT2D eigenvalue weighted by atomic mass is 32.1. The lowest BCUT2D eigenvalue weighted by molar-refractivity contribution is -0.235. The zero-order valence-corrected chi connectivity index (χ0v) is 36.8. The molecule has 10 nitrogen and oxygen atoms in total. The number of hydrogen-bond donors (Lipinski definition) is 2. The first kappa shape index (κ1) is 43.0. The molecule has 1 amide bonds. The molecule has 6 rings (SSSR count). The summed E-state index contributed by atoms with van der Waals surface area (Å²) in [6.45, 7) is 20.4. The quantitative estimate of drug-likeness (QED) is 0.203. The predicted octanol–water partition coefficient (Wildman–Crippen LogP) is 7.79. The van der Waals surface area contributed by atoms with Gasteiger partial charge in [-0.2, -0.15) is 0 Å². The van der Waals surface area contributed by atoms with Crippen molar-refractivity contribution in [2.24, 2.45) is 56.2 Å². The van der Waals surface area contributed by atoms with Crippen LogP contribution in [-0.2, 0) is 30.5 Å². The number of carboxylic acid groups (broad SMARTS) is 1. The smallest absolute Gasteiger partial charge is 0.309 e. The normalized spacial score (nSPS) is 35.7. The van der Waals surface area contributed by atoms with Crippen LogP contribution < -0.4 is 0 Å². The Bertz CT molecular complexity index is 1740. The first-order valence-corrected chi connectivity index (χ1v) is 22.0. The van der Waals surface area contributed by atoms with Gasteiger partial charge in [0.25, 0.3) is 0 Å². The third-order valence-corrected chi connectivity index (χ3v) is 17.4. The first-order chi connectivity index (χ1) is 25.9. The van der Waals surface area contributed by atoms with E-state index in [0.29, 0.717) is 31.3 Å². The summed E-state index contributed by atoms with van der Waals surface area (Å²) in [6, 6.07) is 0. The number of allylic oxidation sites excluding steroid dienone is 1. The molecule has 4 saturated carbocycles. The van der Waals surface area contributed by atoms with E-state index in [1.807, 2.05) is 10.3 Å². The molecule has 0 radical (unpaired) electrons. The Balaban J connectivity index is 1.29. The summed E-state index contributed by atoms with van der Waals surface area (Å²) in [4.78, 5) is 60.3. The molecule has 0 bridgehead atoms. The summed E-state index contributed by atoms with van der Waals surface area (Å²) < 4.78 is 6.18. The van der Waals surface area contributed by atoms with Crippen molar-refractivity contribution in [1.82, 2.24) is 14.8 Å². The molecular formula is C45H69N3O7S. The molecule has 0 saturated heterocycles. The Morgan fingerprint density at radius 3 is 2.29 bits per heavy atom. The van der Waals surface area contributed by atoms with Crippen molar-refractivity contribution in [3.63, 3.8) is 0 Å². The number of likely N-dealkylation sites (N-methyl/N-ethyl adjacent to an activating group) is 1. The average molecular weight is 796 g/mol. The molecule has 1 aromatic rings. The van der Waals surface area contributed by atoms with E-state index in [2.05, 4.69) is 53.5 Å². The molecule has 0 aliphatic heterocycles. The molecule has 312 valence electrons. The van der Waals surface area contributed by atoms with E-state index in [4.69, 9.17) is 4.74 Å². The van der Waals surface area contributed by atoms with Crippen LogP contribution in [-0.4, -0.2) is 88.0 Å². The molecule has 56 heavy (non-hydrogen) atoms. The highest BCUT2D eigenvalue weighted by Crippen LogP contribution is 2.77.